The number of pyridine rings is 2. The normalized spacial score (nSPS) is 21.0. The van der Waals surface area contributed by atoms with Gasteiger partial charge in [-0.3, -0.25) is 0 Å². The second-order valence-corrected chi connectivity index (χ2v) is 6.57. The number of aromatic nitrogens is 2. The molecule has 4 rings (SSSR count). The van der Waals surface area contributed by atoms with Crippen molar-refractivity contribution in [2.24, 2.45) is 0 Å². The molecule has 1 aliphatic heterocycles. The summed E-state index contributed by atoms with van der Waals surface area (Å²) in [5.74, 6) is 1.39. The van der Waals surface area contributed by atoms with Crippen LogP contribution in [0.5, 0.6) is 5.88 Å². The summed E-state index contributed by atoms with van der Waals surface area (Å²) in [6.07, 6.45) is 7.65. The number of fused-ring (bicyclic) bond motifs is 1. The zero-order valence-corrected chi connectivity index (χ0v) is 13.6. The van der Waals surface area contributed by atoms with Crippen molar-refractivity contribution in [3.63, 3.8) is 0 Å². The molecule has 1 atom stereocenters. The molecular formula is C18H21N5O. The third-order valence-corrected chi connectivity index (χ3v) is 4.77. The fourth-order valence-corrected chi connectivity index (χ4v) is 3.17. The van der Waals surface area contributed by atoms with E-state index in [1.165, 1.54) is 12.8 Å². The Morgan fingerprint density at radius 1 is 1.25 bits per heavy atom. The van der Waals surface area contributed by atoms with Gasteiger partial charge in [-0.25, -0.2) is 9.97 Å². The predicted octanol–water partition coefficient (Wildman–Crippen LogP) is 2.60. The molecule has 3 heterocycles. The van der Waals surface area contributed by atoms with E-state index in [1.807, 2.05) is 6.07 Å². The Balaban J connectivity index is 1.65. The van der Waals surface area contributed by atoms with Gasteiger partial charge in [0, 0.05) is 29.6 Å². The standard InChI is InChI=1S/C18H21N5O/c19-9-14-7-12-10-21-17(22-13-3-2-6-20-11-13)8-16(12)18(23-14)24-15-4-1-5-15/h7-8,10,13,15,20H,1-6,11H2,(H,21,22). The van der Waals surface area contributed by atoms with Crippen LogP contribution < -0.4 is 15.4 Å². The molecular weight excluding hydrogens is 302 g/mol. The minimum atomic E-state index is 0.224. The van der Waals surface area contributed by atoms with Crippen molar-refractivity contribution in [3.05, 3.63) is 24.0 Å². The minimum Gasteiger partial charge on any atom is -0.474 e. The van der Waals surface area contributed by atoms with Crippen LogP contribution in [0, 0.1) is 11.3 Å². The molecule has 1 unspecified atom stereocenters. The van der Waals surface area contributed by atoms with E-state index in [0.29, 0.717) is 17.6 Å². The Bertz CT molecular complexity index is 775. The lowest BCUT2D eigenvalue weighted by atomic mass is 9.96. The molecule has 2 aromatic heterocycles. The van der Waals surface area contributed by atoms with E-state index in [2.05, 4.69) is 26.7 Å². The number of hydrogen-bond donors (Lipinski definition) is 2. The van der Waals surface area contributed by atoms with E-state index in [0.717, 1.165) is 48.9 Å². The number of anilines is 1. The lowest BCUT2D eigenvalue weighted by Crippen LogP contribution is -2.38. The first kappa shape index (κ1) is 15.2. The van der Waals surface area contributed by atoms with Crippen LogP contribution in [0.1, 0.15) is 37.8 Å². The van der Waals surface area contributed by atoms with E-state index >= 15 is 0 Å². The van der Waals surface area contributed by atoms with Gasteiger partial charge in [-0.2, -0.15) is 5.26 Å². The largest absolute Gasteiger partial charge is 0.474 e. The topological polar surface area (TPSA) is 82.9 Å². The van der Waals surface area contributed by atoms with E-state index in [1.54, 1.807) is 12.3 Å². The molecule has 24 heavy (non-hydrogen) atoms. The molecule has 0 bridgehead atoms. The molecule has 0 aromatic carbocycles. The highest BCUT2D eigenvalue weighted by molar-refractivity contribution is 5.89. The van der Waals surface area contributed by atoms with Crippen LogP contribution in [0.4, 0.5) is 5.82 Å². The maximum atomic E-state index is 9.19. The number of nitriles is 1. The molecule has 2 fully saturated rings. The summed E-state index contributed by atoms with van der Waals surface area (Å²) in [6.45, 7) is 2.04. The Morgan fingerprint density at radius 2 is 2.17 bits per heavy atom. The Hall–Kier alpha value is -2.39. The third kappa shape index (κ3) is 3.13. The van der Waals surface area contributed by atoms with E-state index < -0.39 is 0 Å². The van der Waals surface area contributed by atoms with Gasteiger partial charge in [-0.1, -0.05) is 0 Å². The average Bonchev–Trinajstić information content (AvgIpc) is 2.59. The molecule has 2 N–H and O–H groups in total. The van der Waals surface area contributed by atoms with Crippen LogP contribution in [0.2, 0.25) is 0 Å². The highest BCUT2D eigenvalue weighted by Crippen LogP contribution is 2.31. The molecule has 1 saturated heterocycles. The van der Waals surface area contributed by atoms with Gasteiger partial charge in [-0.05, 0) is 50.8 Å². The minimum absolute atomic E-state index is 0.224. The first-order chi connectivity index (χ1) is 11.8. The highest BCUT2D eigenvalue weighted by atomic mass is 16.5. The fraction of sp³-hybridized carbons (Fsp3) is 0.500. The number of piperidine rings is 1. The molecule has 1 aliphatic carbocycles. The maximum Gasteiger partial charge on any atom is 0.223 e. The Morgan fingerprint density at radius 3 is 2.88 bits per heavy atom. The first-order valence-corrected chi connectivity index (χ1v) is 8.66. The zero-order chi connectivity index (χ0) is 16.4. The first-order valence-electron chi connectivity index (χ1n) is 8.66. The zero-order valence-electron chi connectivity index (χ0n) is 13.6. The molecule has 0 spiro atoms. The van der Waals surface area contributed by atoms with Gasteiger partial charge >= 0.3 is 0 Å². The quantitative estimate of drug-likeness (QED) is 0.900. The molecule has 1 saturated carbocycles. The maximum absolute atomic E-state index is 9.19. The smallest absolute Gasteiger partial charge is 0.223 e. The van der Waals surface area contributed by atoms with Gasteiger partial charge < -0.3 is 15.4 Å². The summed E-state index contributed by atoms with van der Waals surface area (Å²) in [5.41, 5.74) is 0.371. The van der Waals surface area contributed by atoms with Gasteiger partial charge in [0.15, 0.2) is 0 Å². The summed E-state index contributed by atoms with van der Waals surface area (Å²) in [4.78, 5) is 8.88. The second-order valence-electron chi connectivity index (χ2n) is 6.57. The summed E-state index contributed by atoms with van der Waals surface area (Å²) in [7, 11) is 0. The Kier molecular flexibility index (Phi) is 4.18. The molecule has 2 aliphatic rings. The van der Waals surface area contributed by atoms with Crippen LogP contribution in [0.3, 0.4) is 0 Å². The number of nitrogens with zero attached hydrogens (tertiary/aromatic N) is 3. The molecule has 2 aromatic rings. The fourth-order valence-electron chi connectivity index (χ4n) is 3.17. The van der Waals surface area contributed by atoms with Crippen molar-refractivity contribution >= 4 is 16.6 Å². The van der Waals surface area contributed by atoms with Crippen molar-refractivity contribution < 1.29 is 4.74 Å². The highest BCUT2D eigenvalue weighted by Gasteiger charge is 2.22. The molecule has 0 radical (unpaired) electrons. The van der Waals surface area contributed by atoms with Gasteiger partial charge in [0.2, 0.25) is 5.88 Å². The summed E-state index contributed by atoms with van der Waals surface area (Å²) in [5, 5.41) is 17.9. The summed E-state index contributed by atoms with van der Waals surface area (Å²) in [6, 6.07) is 6.26. The van der Waals surface area contributed by atoms with Crippen LogP contribution in [-0.4, -0.2) is 35.2 Å². The van der Waals surface area contributed by atoms with Gasteiger partial charge in [0.1, 0.15) is 23.7 Å². The van der Waals surface area contributed by atoms with Gasteiger partial charge in [0.05, 0.1) is 0 Å². The number of hydrogen-bond acceptors (Lipinski definition) is 6. The number of ether oxygens (including phenoxy) is 1. The van der Waals surface area contributed by atoms with E-state index in [9.17, 15) is 5.26 Å². The second kappa shape index (κ2) is 6.62. The summed E-state index contributed by atoms with van der Waals surface area (Å²) < 4.78 is 6.02. The molecule has 0 amide bonds. The number of rotatable bonds is 4. The van der Waals surface area contributed by atoms with Crippen molar-refractivity contribution in [1.82, 2.24) is 15.3 Å². The predicted molar refractivity (Wildman–Crippen MR) is 92.0 cm³/mol. The molecule has 124 valence electrons. The lowest BCUT2D eigenvalue weighted by molar-refractivity contribution is 0.116. The monoisotopic (exact) mass is 323 g/mol. The van der Waals surface area contributed by atoms with Crippen LogP contribution >= 0.6 is 0 Å². The van der Waals surface area contributed by atoms with Crippen molar-refractivity contribution in [3.8, 4) is 11.9 Å². The van der Waals surface area contributed by atoms with E-state index in [-0.39, 0.29) is 6.10 Å². The SMILES string of the molecule is N#Cc1cc2cnc(NC3CCCNC3)cc2c(OC2CCC2)n1. The third-order valence-electron chi connectivity index (χ3n) is 4.77. The van der Waals surface area contributed by atoms with Crippen LogP contribution in [-0.2, 0) is 0 Å². The van der Waals surface area contributed by atoms with Crippen molar-refractivity contribution in [2.75, 3.05) is 18.4 Å². The molecule has 6 nitrogen and oxygen atoms in total. The molecule has 6 heteroatoms. The van der Waals surface area contributed by atoms with Crippen LogP contribution in [0.15, 0.2) is 18.3 Å². The van der Waals surface area contributed by atoms with Gasteiger partial charge in [0.25, 0.3) is 0 Å². The van der Waals surface area contributed by atoms with Crippen LogP contribution in [0.25, 0.3) is 10.8 Å². The van der Waals surface area contributed by atoms with Crippen molar-refractivity contribution in [2.45, 2.75) is 44.2 Å². The van der Waals surface area contributed by atoms with E-state index in [4.69, 9.17) is 4.74 Å². The van der Waals surface area contributed by atoms with Crippen molar-refractivity contribution in [1.29, 1.82) is 5.26 Å². The average molecular weight is 323 g/mol. The summed E-state index contributed by atoms with van der Waals surface area (Å²) >= 11 is 0. The number of nitrogens with one attached hydrogen (secondary N) is 2. The van der Waals surface area contributed by atoms with Gasteiger partial charge in [-0.15, -0.1) is 0 Å². The lowest BCUT2D eigenvalue weighted by Gasteiger charge is -2.26. The Labute approximate surface area is 141 Å².